The number of aryl methyl sites for hydroxylation is 1. The number of rotatable bonds is 4. The van der Waals surface area contributed by atoms with E-state index in [1.165, 1.54) is 18.6 Å². The molecule has 1 saturated heterocycles. The number of aromatic nitrogens is 2. The minimum atomic E-state index is 0.251. The number of hydrogen-bond donors (Lipinski definition) is 2. The molecule has 0 saturated carbocycles. The number of nitrogens with zero attached hydrogens (tertiary/aromatic N) is 2. The number of hydrazine groups is 1. The van der Waals surface area contributed by atoms with Crippen LogP contribution in [0, 0.1) is 0 Å². The van der Waals surface area contributed by atoms with Gasteiger partial charge in [0.2, 0.25) is 0 Å². The highest BCUT2D eigenvalue weighted by Gasteiger charge is 2.37. The second-order valence-electron chi connectivity index (χ2n) is 4.64. The highest BCUT2D eigenvalue weighted by molar-refractivity contribution is 8.00. The first kappa shape index (κ1) is 12.0. The topological polar surface area (TPSA) is 55.9 Å². The van der Waals surface area contributed by atoms with E-state index in [-0.39, 0.29) is 4.75 Å². The average Bonchev–Trinajstić information content (AvgIpc) is 2.85. The summed E-state index contributed by atoms with van der Waals surface area (Å²) in [6.45, 7) is 2.30. The molecule has 0 radical (unpaired) electrons. The summed E-state index contributed by atoms with van der Waals surface area (Å²) in [6.07, 6.45) is 7.24. The fourth-order valence-corrected chi connectivity index (χ4v) is 3.70. The van der Waals surface area contributed by atoms with E-state index in [0.29, 0.717) is 6.04 Å². The summed E-state index contributed by atoms with van der Waals surface area (Å²) in [7, 11) is 2.03. The van der Waals surface area contributed by atoms with Crippen LogP contribution in [0.3, 0.4) is 0 Å². The fourth-order valence-electron chi connectivity index (χ4n) is 2.30. The summed E-state index contributed by atoms with van der Waals surface area (Å²) in [4.78, 5) is 4.36. The van der Waals surface area contributed by atoms with Crippen molar-refractivity contribution in [2.45, 2.75) is 37.0 Å². The Bertz CT molecular complexity index is 344. The monoisotopic (exact) mass is 240 g/mol. The van der Waals surface area contributed by atoms with Crippen LogP contribution in [0.2, 0.25) is 0 Å². The van der Waals surface area contributed by atoms with Gasteiger partial charge in [-0.3, -0.25) is 11.3 Å². The summed E-state index contributed by atoms with van der Waals surface area (Å²) >= 11 is 2.03. The Labute approximate surface area is 101 Å². The molecule has 3 N–H and O–H groups in total. The third-order valence-electron chi connectivity index (χ3n) is 3.50. The molecule has 2 rings (SSSR count). The maximum Gasteiger partial charge on any atom is 0.110 e. The largest absolute Gasteiger partial charge is 0.338 e. The van der Waals surface area contributed by atoms with Crippen LogP contribution in [-0.2, 0) is 13.5 Å². The summed E-state index contributed by atoms with van der Waals surface area (Å²) < 4.78 is 2.31. The molecule has 1 aromatic heterocycles. The van der Waals surface area contributed by atoms with Gasteiger partial charge in [-0.1, -0.05) is 0 Å². The predicted molar refractivity (Wildman–Crippen MR) is 68.1 cm³/mol. The first-order valence-corrected chi connectivity index (χ1v) is 6.70. The van der Waals surface area contributed by atoms with Gasteiger partial charge >= 0.3 is 0 Å². The van der Waals surface area contributed by atoms with Crippen LogP contribution < -0.4 is 11.3 Å². The third kappa shape index (κ3) is 2.26. The van der Waals surface area contributed by atoms with E-state index in [2.05, 4.69) is 21.9 Å². The van der Waals surface area contributed by atoms with Crippen molar-refractivity contribution in [2.24, 2.45) is 12.9 Å². The number of nitrogens with two attached hydrogens (primary N) is 1. The summed E-state index contributed by atoms with van der Waals surface area (Å²) in [5.41, 5.74) is 2.98. The zero-order chi connectivity index (χ0) is 11.6. The van der Waals surface area contributed by atoms with Crippen LogP contribution in [0.4, 0.5) is 0 Å². The standard InChI is InChI=1S/C11H20N4S/c1-11(4-3-7-16-11)9(14-12)8-10-13-5-6-15(10)2/h5-6,9,14H,3-4,7-8,12H2,1-2H3. The summed E-state index contributed by atoms with van der Waals surface area (Å²) in [5, 5.41) is 0. The molecule has 2 unspecified atom stereocenters. The van der Waals surface area contributed by atoms with E-state index in [9.17, 15) is 0 Å². The van der Waals surface area contributed by atoms with Gasteiger partial charge in [-0.2, -0.15) is 11.8 Å². The molecule has 1 aromatic rings. The number of hydrogen-bond acceptors (Lipinski definition) is 4. The Hall–Kier alpha value is -0.520. The Morgan fingerprint density at radius 3 is 3.06 bits per heavy atom. The van der Waals surface area contributed by atoms with Crippen molar-refractivity contribution in [1.82, 2.24) is 15.0 Å². The molecule has 2 heterocycles. The molecule has 2 atom stereocenters. The highest BCUT2D eigenvalue weighted by atomic mass is 32.2. The maximum atomic E-state index is 5.70. The zero-order valence-electron chi connectivity index (χ0n) is 9.94. The lowest BCUT2D eigenvalue weighted by Gasteiger charge is -2.32. The molecule has 0 bridgehead atoms. The van der Waals surface area contributed by atoms with Gasteiger partial charge in [-0.15, -0.1) is 0 Å². The van der Waals surface area contributed by atoms with Crippen molar-refractivity contribution in [3.63, 3.8) is 0 Å². The van der Waals surface area contributed by atoms with Crippen LogP contribution in [0.15, 0.2) is 12.4 Å². The normalized spacial score (nSPS) is 27.2. The molecule has 1 aliphatic heterocycles. The van der Waals surface area contributed by atoms with Crippen molar-refractivity contribution in [2.75, 3.05) is 5.75 Å². The maximum absolute atomic E-state index is 5.70. The van der Waals surface area contributed by atoms with Crippen LogP contribution in [-0.4, -0.2) is 26.1 Å². The Kier molecular flexibility index (Phi) is 3.56. The van der Waals surface area contributed by atoms with Gasteiger partial charge in [0.05, 0.1) is 0 Å². The van der Waals surface area contributed by atoms with Crippen molar-refractivity contribution in [1.29, 1.82) is 0 Å². The van der Waals surface area contributed by atoms with Gasteiger partial charge in [-0.05, 0) is 25.5 Å². The lowest BCUT2D eigenvalue weighted by atomic mass is 9.94. The molecule has 4 nitrogen and oxygen atoms in total. The molecule has 0 aliphatic carbocycles. The zero-order valence-corrected chi connectivity index (χ0v) is 10.8. The van der Waals surface area contributed by atoms with Crippen molar-refractivity contribution >= 4 is 11.8 Å². The summed E-state index contributed by atoms with van der Waals surface area (Å²) in [6, 6.07) is 0.293. The minimum Gasteiger partial charge on any atom is -0.338 e. The smallest absolute Gasteiger partial charge is 0.110 e. The molecule has 1 fully saturated rings. The molecular weight excluding hydrogens is 220 g/mol. The van der Waals surface area contributed by atoms with E-state index in [1.54, 1.807) is 0 Å². The van der Waals surface area contributed by atoms with E-state index >= 15 is 0 Å². The number of nitrogens with one attached hydrogen (secondary N) is 1. The molecular formula is C11H20N4S. The van der Waals surface area contributed by atoms with E-state index in [1.807, 2.05) is 31.2 Å². The fraction of sp³-hybridized carbons (Fsp3) is 0.727. The lowest BCUT2D eigenvalue weighted by molar-refractivity contribution is 0.397. The number of imidazole rings is 1. The van der Waals surface area contributed by atoms with Crippen LogP contribution in [0.25, 0.3) is 0 Å². The molecule has 0 aromatic carbocycles. The lowest BCUT2D eigenvalue weighted by Crippen LogP contribution is -2.50. The molecule has 16 heavy (non-hydrogen) atoms. The van der Waals surface area contributed by atoms with Crippen LogP contribution in [0.1, 0.15) is 25.6 Å². The highest BCUT2D eigenvalue weighted by Crippen LogP contribution is 2.41. The molecule has 90 valence electrons. The van der Waals surface area contributed by atoms with Gasteiger partial charge in [0.15, 0.2) is 0 Å². The quantitative estimate of drug-likeness (QED) is 0.611. The number of thioether (sulfide) groups is 1. The van der Waals surface area contributed by atoms with E-state index in [4.69, 9.17) is 5.84 Å². The van der Waals surface area contributed by atoms with Crippen LogP contribution >= 0.6 is 11.8 Å². The average molecular weight is 240 g/mol. The Morgan fingerprint density at radius 2 is 2.56 bits per heavy atom. The van der Waals surface area contributed by atoms with Crippen LogP contribution in [0.5, 0.6) is 0 Å². The van der Waals surface area contributed by atoms with Gasteiger partial charge in [0.1, 0.15) is 5.82 Å². The van der Waals surface area contributed by atoms with E-state index < -0.39 is 0 Å². The Balaban J connectivity index is 2.08. The molecule has 1 aliphatic rings. The van der Waals surface area contributed by atoms with Crippen molar-refractivity contribution in [3.05, 3.63) is 18.2 Å². The summed E-state index contributed by atoms with van der Waals surface area (Å²) in [5.74, 6) is 8.04. The first-order valence-electron chi connectivity index (χ1n) is 5.72. The van der Waals surface area contributed by atoms with Crippen molar-refractivity contribution in [3.8, 4) is 0 Å². The van der Waals surface area contributed by atoms with Gasteiger partial charge < -0.3 is 4.57 Å². The first-order chi connectivity index (χ1) is 7.65. The molecule has 5 heteroatoms. The van der Waals surface area contributed by atoms with E-state index in [0.717, 1.165) is 12.2 Å². The minimum absolute atomic E-state index is 0.251. The SMILES string of the molecule is Cn1ccnc1CC(NN)C1(C)CCCS1. The van der Waals surface area contributed by atoms with Gasteiger partial charge in [-0.25, -0.2) is 4.98 Å². The van der Waals surface area contributed by atoms with Gasteiger partial charge in [0, 0.05) is 36.7 Å². The predicted octanol–water partition coefficient (Wildman–Crippen LogP) is 1.08. The third-order valence-corrected chi connectivity index (χ3v) is 5.14. The molecule has 0 amide bonds. The Morgan fingerprint density at radius 1 is 1.75 bits per heavy atom. The van der Waals surface area contributed by atoms with Crippen molar-refractivity contribution < 1.29 is 0 Å². The molecule has 0 spiro atoms. The second kappa shape index (κ2) is 4.77. The van der Waals surface area contributed by atoms with Gasteiger partial charge in [0.25, 0.3) is 0 Å². The second-order valence-corrected chi connectivity index (χ2v) is 6.27.